The molecule has 0 aliphatic carbocycles. The Labute approximate surface area is 207 Å². The summed E-state index contributed by atoms with van der Waals surface area (Å²) in [5, 5.41) is 8.53. The van der Waals surface area contributed by atoms with Crippen molar-refractivity contribution in [1.29, 1.82) is 0 Å². The maximum atomic E-state index is 13.1. The van der Waals surface area contributed by atoms with Crippen LogP contribution in [0.2, 0.25) is 0 Å². The molecule has 8 nitrogen and oxygen atoms in total. The van der Waals surface area contributed by atoms with E-state index >= 15 is 0 Å². The zero-order valence-electron chi connectivity index (χ0n) is 19.9. The number of aromatic nitrogens is 3. The predicted molar refractivity (Wildman–Crippen MR) is 138 cm³/mol. The van der Waals surface area contributed by atoms with E-state index in [0.717, 1.165) is 46.2 Å². The van der Waals surface area contributed by atoms with E-state index in [1.807, 2.05) is 23.7 Å². The topological polar surface area (TPSA) is 89.3 Å². The van der Waals surface area contributed by atoms with Gasteiger partial charge in [0.1, 0.15) is 0 Å². The van der Waals surface area contributed by atoms with Crippen LogP contribution in [-0.2, 0) is 9.53 Å². The Hall–Kier alpha value is -3.72. The highest BCUT2D eigenvalue weighted by molar-refractivity contribution is 7.22. The average molecular weight is 490 g/mol. The molecule has 0 spiro atoms. The van der Waals surface area contributed by atoms with Gasteiger partial charge in [-0.15, -0.1) is 0 Å². The number of piperidine rings is 1. The number of nitrogens with one attached hydrogen (secondary N) is 1. The SMILES string of the molecule is COC(=O)c1ccccc1NC(=O)[C@@H]1CCCN(c2nc3c(s2)c(C)nn3-c2ccc(C)cc2)C1. The van der Waals surface area contributed by atoms with Crippen LogP contribution in [0.5, 0.6) is 0 Å². The second-order valence-corrected chi connectivity index (χ2v) is 9.77. The Morgan fingerprint density at radius 2 is 1.89 bits per heavy atom. The lowest BCUT2D eigenvalue weighted by Crippen LogP contribution is -2.40. The summed E-state index contributed by atoms with van der Waals surface area (Å²) in [6, 6.07) is 15.1. The van der Waals surface area contributed by atoms with Crippen LogP contribution >= 0.6 is 11.3 Å². The van der Waals surface area contributed by atoms with Gasteiger partial charge >= 0.3 is 5.97 Å². The van der Waals surface area contributed by atoms with Crippen molar-refractivity contribution >= 4 is 44.4 Å². The highest BCUT2D eigenvalue weighted by atomic mass is 32.1. The minimum absolute atomic E-state index is 0.103. The number of nitrogens with zero attached hydrogens (tertiary/aromatic N) is 4. The lowest BCUT2D eigenvalue weighted by Gasteiger charge is -2.31. The normalized spacial score (nSPS) is 15.9. The van der Waals surface area contributed by atoms with Gasteiger partial charge < -0.3 is 15.0 Å². The van der Waals surface area contributed by atoms with E-state index in [4.69, 9.17) is 14.8 Å². The molecule has 1 aliphatic rings. The molecule has 2 aromatic carbocycles. The molecule has 0 radical (unpaired) electrons. The molecule has 1 saturated heterocycles. The molecule has 0 bridgehead atoms. The van der Waals surface area contributed by atoms with Gasteiger partial charge in [-0.1, -0.05) is 41.2 Å². The molecule has 1 fully saturated rings. The maximum absolute atomic E-state index is 13.1. The second kappa shape index (κ2) is 9.50. The highest BCUT2D eigenvalue weighted by Gasteiger charge is 2.29. The number of amides is 1. The lowest BCUT2D eigenvalue weighted by atomic mass is 9.97. The number of carbonyl (C=O) groups excluding carboxylic acids is 2. The van der Waals surface area contributed by atoms with Gasteiger partial charge in [-0.3, -0.25) is 4.79 Å². The lowest BCUT2D eigenvalue weighted by molar-refractivity contribution is -0.120. The fourth-order valence-electron chi connectivity index (χ4n) is 4.40. The molecule has 1 atom stereocenters. The van der Waals surface area contributed by atoms with Gasteiger partial charge in [0.15, 0.2) is 10.8 Å². The van der Waals surface area contributed by atoms with E-state index in [9.17, 15) is 9.59 Å². The first kappa shape index (κ1) is 23.0. The number of rotatable bonds is 5. The average Bonchev–Trinajstić information content (AvgIpc) is 3.45. The fraction of sp³-hybridized carbons (Fsp3) is 0.308. The summed E-state index contributed by atoms with van der Waals surface area (Å²) >= 11 is 1.61. The Morgan fingerprint density at radius 3 is 2.66 bits per heavy atom. The van der Waals surface area contributed by atoms with Crippen LogP contribution in [0.25, 0.3) is 16.0 Å². The number of anilines is 2. The number of hydrogen-bond acceptors (Lipinski definition) is 7. The third kappa shape index (κ3) is 4.51. The second-order valence-electron chi connectivity index (χ2n) is 8.79. The number of carbonyl (C=O) groups is 2. The summed E-state index contributed by atoms with van der Waals surface area (Å²) in [5.74, 6) is -0.788. The molecular formula is C26H27N5O3S. The summed E-state index contributed by atoms with van der Waals surface area (Å²) in [6.07, 6.45) is 1.67. The minimum Gasteiger partial charge on any atom is -0.465 e. The Morgan fingerprint density at radius 1 is 1.11 bits per heavy atom. The first-order valence-corrected chi connectivity index (χ1v) is 12.4. The van der Waals surface area contributed by atoms with Crippen molar-refractivity contribution < 1.29 is 14.3 Å². The molecular weight excluding hydrogens is 462 g/mol. The first-order valence-electron chi connectivity index (χ1n) is 11.6. The van der Waals surface area contributed by atoms with Crippen molar-refractivity contribution in [2.24, 2.45) is 5.92 Å². The standard InChI is InChI=1S/C26H27N5O3S/c1-16-10-12-19(13-11-16)31-23-22(17(2)29-31)35-26(28-23)30-14-6-7-18(15-30)24(32)27-21-9-5-4-8-20(21)25(33)34-3/h4-5,8-13,18H,6-7,14-15H2,1-3H3,(H,27,32)/t18-/m1/s1. The molecule has 2 aromatic heterocycles. The maximum Gasteiger partial charge on any atom is 0.339 e. The van der Waals surface area contributed by atoms with Gasteiger partial charge in [0.25, 0.3) is 0 Å². The molecule has 1 aliphatic heterocycles. The molecule has 9 heteroatoms. The van der Waals surface area contributed by atoms with Crippen LogP contribution in [0.15, 0.2) is 48.5 Å². The van der Waals surface area contributed by atoms with Crippen molar-refractivity contribution in [3.8, 4) is 5.69 Å². The van der Waals surface area contributed by atoms with E-state index in [-0.39, 0.29) is 11.8 Å². The Bertz CT molecular complexity index is 1390. The van der Waals surface area contributed by atoms with E-state index in [0.29, 0.717) is 17.8 Å². The summed E-state index contributed by atoms with van der Waals surface area (Å²) < 4.78 is 7.79. The van der Waals surface area contributed by atoms with Crippen LogP contribution in [0.1, 0.15) is 34.5 Å². The number of esters is 1. The molecule has 35 heavy (non-hydrogen) atoms. The third-order valence-electron chi connectivity index (χ3n) is 6.31. The number of benzene rings is 2. The number of methoxy groups -OCH3 is 1. The van der Waals surface area contributed by atoms with E-state index in [2.05, 4.69) is 29.3 Å². The first-order chi connectivity index (χ1) is 16.9. The molecule has 180 valence electrons. The zero-order chi connectivity index (χ0) is 24.5. The van der Waals surface area contributed by atoms with E-state index in [1.54, 1.807) is 35.6 Å². The smallest absolute Gasteiger partial charge is 0.339 e. The van der Waals surface area contributed by atoms with Crippen LogP contribution in [0, 0.1) is 19.8 Å². The Kier molecular flexibility index (Phi) is 6.25. The molecule has 1 amide bonds. The molecule has 5 rings (SSSR count). The van der Waals surface area contributed by atoms with Crippen molar-refractivity contribution in [2.45, 2.75) is 26.7 Å². The van der Waals surface area contributed by atoms with Gasteiger partial charge in [-0.2, -0.15) is 10.1 Å². The summed E-state index contributed by atoms with van der Waals surface area (Å²) in [7, 11) is 1.33. The number of aryl methyl sites for hydroxylation is 2. The highest BCUT2D eigenvalue weighted by Crippen LogP contribution is 2.34. The van der Waals surface area contributed by atoms with Crippen molar-refractivity contribution in [1.82, 2.24) is 14.8 Å². The number of para-hydroxylation sites is 1. The fourth-order valence-corrected chi connectivity index (χ4v) is 5.43. The van der Waals surface area contributed by atoms with Crippen LogP contribution in [0.4, 0.5) is 10.8 Å². The van der Waals surface area contributed by atoms with Crippen molar-refractivity contribution in [3.05, 3.63) is 65.4 Å². The summed E-state index contributed by atoms with van der Waals surface area (Å²) in [6.45, 7) is 5.47. The zero-order valence-corrected chi connectivity index (χ0v) is 20.8. The van der Waals surface area contributed by atoms with Gasteiger partial charge in [-0.05, 0) is 51.0 Å². The van der Waals surface area contributed by atoms with E-state index in [1.165, 1.54) is 12.7 Å². The molecule has 0 saturated carbocycles. The largest absolute Gasteiger partial charge is 0.465 e. The quantitative estimate of drug-likeness (QED) is 0.407. The molecule has 1 N–H and O–H groups in total. The molecule has 0 unspecified atom stereocenters. The summed E-state index contributed by atoms with van der Waals surface area (Å²) in [5.41, 5.74) is 4.76. The minimum atomic E-state index is -0.473. The molecule has 3 heterocycles. The number of thiazole rings is 1. The molecule has 4 aromatic rings. The third-order valence-corrected chi connectivity index (χ3v) is 7.52. The van der Waals surface area contributed by atoms with Crippen LogP contribution in [-0.4, -0.2) is 46.8 Å². The predicted octanol–water partition coefficient (Wildman–Crippen LogP) is 4.74. The van der Waals surface area contributed by atoms with Gasteiger partial charge in [-0.25, -0.2) is 9.48 Å². The monoisotopic (exact) mass is 489 g/mol. The van der Waals surface area contributed by atoms with Crippen molar-refractivity contribution in [3.63, 3.8) is 0 Å². The summed E-state index contributed by atoms with van der Waals surface area (Å²) in [4.78, 5) is 32.3. The Balaban J connectivity index is 1.36. The number of ether oxygens (including phenoxy) is 1. The van der Waals surface area contributed by atoms with Gasteiger partial charge in [0.05, 0.1) is 40.4 Å². The van der Waals surface area contributed by atoms with Gasteiger partial charge in [0.2, 0.25) is 5.91 Å². The van der Waals surface area contributed by atoms with Crippen LogP contribution in [0.3, 0.4) is 0 Å². The van der Waals surface area contributed by atoms with Crippen LogP contribution < -0.4 is 10.2 Å². The van der Waals surface area contributed by atoms with E-state index < -0.39 is 5.97 Å². The van der Waals surface area contributed by atoms with Crippen molar-refractivity contribution in [2.75, 3.05) is 30.4 Å². The number of fused-ring (bicyclic) bond motifs is 1. The van der Waals surface area contributed by atoms with Gasteiger partial charge in [0, 0.05) is 13.1 Å². The number of hydrogen-bond donors (Lipinski definition) is 1.